The van der Waals surface area contributed by atoms with Crippen LogP contribution in [0.4, 0.5) is 0 Å². The molecule has 3 atom stereocenters. The first-order valence-electron chi connectivity index (χ1n) is 5.07. The highest BCUT2D eigenvalue weighted by Gasteiger charge is 2.69. The van der Waals surface area contributed by atoms with Crippen molar-refractivity contribution in [2.75, 3.05) is 6.54 Å². The molecule has 2 nitrogen and oxygen atoms in total. The van der Waals surface area contributed by atoms with Crippen LogP contribution in [0.3, 0.4) is 0 Å². The molecule has 0 aromatic carbocycles. The van der Waals surface area contributed by atoms with Crippen LogP contribution in [0.15, 0.2) is 0 Å². The molecule has 0 amide bonds. The van der Waals surface area contributed by atoms with Gasteiger partial charge in [-0.3, -0.25) is 0 Å². The van der Waals surface area contributed by atoms with Crippen molar-refractivity contribution in [2.45, 2.75) is 31.7 Å². The summed E-state index contributed by atoms with van der Waals surface area (Å²) in [5.74, 6) is 1.58. The van der Waals surface area contributed by atoms with Crippen LogP contribution in [0.25, 0.3) is 0 Å². The van der Waals surface area contributed by atoms with Gasteiger partial charge < -0.3 is 10.1 Å². The monoisotopic (exact) mass is 165 g/mol. The van der Waals surface area contributed by atoms with Crippen LogP contribution in [0, 0.1) is 17.3 Å². The number of hydrogen-bond acceptors (Lipinski definition) is 2. The Morgan fingerprint density at radius 3 is 2.75 bits per heavy atom. The van der Waals surface area contributed by atoms with Gasteiger partial charge >= 0.3 is 0 Å². The fraction of sp³-hybridized carbons (Fsp3) is 0.900. The Morgan fingerprint density at radius 1 is 1.33 bits per heavy atom. The zero-order valence-electron chi connectivity index (χ0n) is 7.25. The average molecular weight is 165 g/mol. The number of aldehydes is 1. The molecule has 1 spiro atoms. The first-order chi connectivity index (χ1) is 5.88. The molecule has 3 aliphatic rings. The van der Waals surface area contributed by atoms with E-state index in [1.807, 2.05) is 0 Å². The van der Waals surface area contributed by atoms with Crippen molar-refractivity contribution in [3.63, 3.8) is 0 Å². The van der Waals surface area contributed by atoms with E-state index in [0.29, 0.717) is 5.41 Å². The Labute approximate surface area is 72.7 Å². The van der Waals surface area contributed by atoms with Crippen molar-refractivity contribution < 1.29 is 4.79 Å². The first-order valence-corrected chi connectivity index (χ1v) is 5.07. The van der Waals surface area contributed by atoms with E-state index < -0.39 is 0 Å². The van der Waals surface area contributed by atoms with Gasteiger partial charge in [-0.25, -0.2) is 0 Å². The van der Waals surface area contributed by atoms with Gasteiger partial charge in [0.2, 0.25) is 0 Å². The van der Waals surface area contributed by atoms with Gasteiger partial charge in [-0.2, -0.15) is 0 Å². The maximum absolute atomic E-state index is 10.7. The predicted octanol–water partition coefficient (Wildman–Crippen LogP) is 0.963. The van der Waals surface area contributed by atoms with E-state index in [4.69, 9.17) is 0 Å². The lowest BCUT2D eigenvalue weighted by Gasteiger charge is -2.16. The molecule has 66 valence electrons. The highest BCUT2D eigenvalue weighted by atomic mass is 16.1. The number of fused-ring (bicyclic) bond motifs is 3. The molecule has 2 heteroatoms. The number of carbonyl (C=O) groups is 1. The molecule has 1 heterocycles. The Bertz CT molecular complexity index is 220. The van der Waals surface area contributed by atoms with Gasteiger partial charge in [-0.15, -0.1) is 0 Å². The van der Waals surface area contributed by atoms with Gasteiger partial charge in [-0.1, -0.05) is 12.8 Å². The van der Waals surface area contributed by atoms with E-state index in [0.717, 1.165) is 24.7 Å². The molecule has 0 aromatic heterocycles. The summed E-state index contributed by atoms with van der Waals surface area (Å²) in [5.41, 5.74) is 0.636. The van der Waals surface area contributed by atoms with E-state index in [9.17, 15) is 4.79 Å². The predicted molar refractivity (Wildman–Crippen MR) is 45.7 cm³/mol. The van der Waals surface area contributed by atoms with Crippen molar-refractivity contribution in [3.05, 3.63) is 0 Å². The van der Waals surface area contributed by atoms with E-state index in [1.165, 1.54) is 25.7 Å². The molecule has 0 aromatic rings. The highest BCUT2D eigenvalue weighted by Crippen LogP contribution is 2.70. The molecule has 1 N–H and O–H groups in total. The summed E-state index contributed by atoms with van der Waals surface area (Å²) < 4.78 is 0. The summed E-state index contributed by atoms with van der Waals surface area (Å²) in [6, 6.07) is 0.202. The third-order valence-corrected chi connectivity index (χ3v) is 4.37. The van der Waals surface area contributed by atoms with E-state index in [-0.39, 0.29) is 6.04 Å². The van der Waals surface area contributed by atoms with E-state index >= 15 is 0 Å². The molecule has 1 saturated heterocycles. The van der Waals surface area contributed by atoms with Crippen LogP contribution in [0.5, 0.6) is 0 Å². The number of nitrogens with one attached hydrogen (secondary N) is 1. The normalized spacial score (nSPS) is 47.8. The second-order valence-electron chi connectivity index (χ2n) is 4.64. The molecule has 12 heavy (non-hydrogen) atoms. The molecular weight excluding hydrogens is 150 g/mol. The fourth-order valence-electron chi connectivity index (χ4n) is 3.81. The molecule has 3 rings (SSSR count). The minimum atomic E-state index is 0.202. The lowest BCUT2D eigenvalue weighted by Crippen LogP contribution is -2.32. The Balaban J connectivity index is 1.83. The summed E-state index contributed by atoms with van der Waals surface area (Å²) >= 11 is 0. The third-order valence-electron chi connectivity index (χ3n) is 4.37. The second kappa shape index (κ2) is 2.11. The molecule has 2 saturated carbocycles. The quantitative estimate of drug-likeness (QED) is 0.586. The van der Waals surface area contributed by atoms with E-state index in [1.54, 1.807) is 0 Å². The van der Waals surface area contributed by atoms with Crippen LogP contribution in [-0.4, -0.2) is 18.9 Å². The molecule has 0 radical (unpaired) electrons. The minimum Gasteiger partial charge on any atom is -0.307 e. The Morgan fingerprint density at radius 2 is 2.08 bits per heavy atom. The van der Waals surface area contributed by atoms with Gasteiger partial charge in [0.15, 0.2) is 0 Å². The molecule has 3 fully saturated rings. The van der Waals surface area contributed by atoms with Crippen LogP contribution < -0.4 is 5.32 Å². The summed E-state index contributed by atoms with van der Waals surface area (Å²) in [4.78, 5) is 10.7. The van der Waals surface area contributed by atoms with Gasteiger partial charge in [0, 0.05) is 0 Å². The smallest absolute Gasteiger partial charge is 0.137 e. The molecule has 2 aliphatic carbocycles. The summed E-state index contributed by atoms with van der Waals surface area (Å²) in [6.45, 7) is 1.11. The standard InChI is InChI=1S/C10H15NO/c12-6-8-9-7(5-11-8)10(9)3-1-2-4-10/h6-9,11H,1-5H2/t7-,8+,9-/m0/s1. The summed E-state index contributed by atoms with van der Waals surface area (Å²) in [5, 5.41) is 3.29. The number of piperidine rings is 1. The van der Waals surface area contributed by atoms with Crippen molar-refractivity contribution >= 4 is 6.29 Å². The zero-order valence-corrected chi connectivity index (χ0v) is 7.25. The molecule has 0 bridgehead atoms. The summed E-state index contributed by atoms with van der Waals surface area (Å²) in [6.07, 6.45) is 6.72. The molecule has 1 aliphatic heterocycles. The minimum absolute atomic E-state index is 0.202. The lowest BCUT2D eigenvalue weighted by molar-refractivity contribution is -0.109. The first kappa shape index (κ1) is 7.07. The van der Waals surface area contributed by atoms with Crippen LogP contribution in [0.1, 0.15) is 25.7 Å². The Kier molecular flexibility index (Phi) is 1.24. The SMILES string of the molecule is O=C[C@H]1NC[C@H]2[C@@H]1C21CCCC1. The van der Waals surface area contributed by atoms with Gasteiger partial charge in [0.25, 0.3) is 0 Å². The fourth-order valence-corrected chi connectivity index (χ4v) is 3.81. The largest absolute Gasteiger partial charge is 0.307 e. The molecule has 0 unspecified atom stereocenters. The number of carbonyl (C=O) groups excluding carboxylic acids is 1. The van der Waals surface area contributed by atoms with Crippen molar-refractivity contribution in [2.24, 2.45) is 17.3 Å². The van der Waals surface area contributed by atoms with Crippen LogP contribution in [0.2, 0.25) is 0 Å². The lowest BCUT2D eigenvalue weighted by atomic mass is 9.96. The number of rotatable bonds is 1. The summed E-state index contributed by atoms with van der Waals surface area (Å²) in [7, 11) is 0. The van der Waals surface area contributed by atoms with Gasteiger partial charge in [0.1, 0.15) is 6.29 Å². The van der Waals surface area contributed by atoms with Crippen LogP contribution in [-0.2, 0) is 4.79 Å². The highest BCUT2D eigenvalue weighted by molar-refractivity contribution is 5.61. The Hall–Kier alpha value is -0.370. The zero-order chi connectivity index (χ0) is 8.18. The maximum Gasteiger partial charge on any atom is 0.137 e. The van der Waals surface area contributed by atoms with Crippen molar-refractivity contribution in [3.8, 4) is 0 Å². The average Bonchev–Trinajstić information content (AvgIpc) is 2.53. The second-order valence-corrected chi connectivity index (χ2v) is 4.64. The van der Waals surface area contributed by atoms with Gasteiger partial charge in [0.05, 0.1) is 6.04 Å². The molecular formula is C10H15NO. The van der Waals surface area contributed by atoms with Crippen molar-refractivity contribution in [1.29, 1.82) is 0 Å². The maximum atomic E-state index is 10.7. The topological polar surface area (TPSA) is 29.1 Å². The van der Waals surface area contributed by atoms with Gasteiger partial charge in [-0.05, 0) is 36.6 Å². The third kappa shape index (κ3) is 0.634. The van der Waals surface area contributed by atoms with E-state index in [2.05, 4.69) is 5.32 Å². The number of hydrogen-bond donors (Lipinski definition) is 1. The van der Waals surface area contributed by atoms with Crippen molar-refractivity contribution in [1.82, 2.24) is 5.32 Å². The van der Waals surface area contributed by atoms with Crippen LogP contribution >= 0.6 is 0 Å².